The van der Waals surface area contributed by atoms with Crippen molar-refractivity contribution >= 4 is 5.84 Å². The second-order valence-electron chi connectivity index (χ2n) is 4.54. The van der Waals surface area contributed by atoms with Crippen LogP contribution in [-0.4, -0.2) is 55.5 Å². The molecule has 0 spiro atoms. The first-order chi connectivity index (χ1) is 7.34. The van der Waals surface area contributed by atoms with Crippen LogP contribution < -0.4 is 5.43 Å². The maximum absolute atomic E-state index is 4.59. The summed E-state index contributed by atoms with van der Waals surface area (Å²) in [5, 5.41) is 2.31. The number of amidine groups is 1. The molecule has 0 radical (unpaired) electrons. The van der Waals surface area contributed by atoms with Crippen LogP contribution in [0.5, 0.6) is 0 Å². The predicted molar refractivity (Wildman–Crippen MR) is 63.0 cm³/mol. The summed E-state index contributed by atoms with van der Waals surface area (Å²) in [5.41, 5.74) is 3.48. The van der Waals surface area contributed by atoms with Gasteiger partial charge < -0.3 is 10.3 Å². The van der Waals surface area contributed by atoms with Crippen molar-refractivity contribution in [1.29, 1.82) is 0 Å². The number of nitrogens with zero attached hydrogens (tertiary/aromatic N) is 3. The Morgan fingerprint density at radius 2 is 1.87 bits per heavy atom. The molecule has 2 aliphatic rings. The van der Waals surface area contributed by atoms with Gasteiger partial charge in [-0.3, -0.25) is 4.99 Å². The molecule has 86 valence electrons. The average molecular weight is 210 g/mol. The van der Waals surface area contributed by atoms with Crippen LogP contribution in [0.4, 0.5) is 0 Å². The molecule has 2 aliphatic heterocycles. The van der Waals surface area contributed by atoms with E-state index in [1.165, 1.54) is 25.1 Å². The van der Waals surface area contributed by atoms with Crippen LogP contribution in [0.15, 0.2) is 4.99 Å². The van der Waals surface area contributed by atoms with E-state index < -0.39 is 0 Å². The maximum Gasteiger partial charge on any atom is 0.111 e. The normalized spacial score (nSPS) is 25.8. The molecule has 0 amide bonds. The minimum absolute atomic E-state index is 1.01. The van der Waals surface area contributed by atoms with Crippen molar-refractivity contribution in [1.82, 2.24) is 15.3 Å². The molecule has 4 heteroatoms. The van der Waals surface area contributed by atoms with Gasteiger partial charge in [0.1, 0.15) is 5.84 Å². The van der Waals surface area contributed by atoms with E-state index in [4.69, 9.17) is 0 Å². The fraction of sp³-hybridized carbons (Fsp3) is 0.909. The number of rotatable bonds is 1. The number of hydrogen-bond acceptors (Lipinski definition) is 4. The maximum atomic E-state index is 4.59. The van der Waals surface area contributed by atoms with Crippen molar-refractivity contribution < 1.29 is 0 Å². The fourth-order valence-electron chi connectivity index (χ4n) is 2.07. The topological polar surface area (TPSA) is 30.9 Å². The zero-order chi connectivity index (χ0) is 10.5. The van der Waals surface area contributed by atoms with E-state index >= 15 is 0 Å². The van der Waals surface area contributed by atoms with E-state index in [1.807, 2.05) is 0 Å². The van der Waals surface area contributed by atoms with Crippen LogP contribution in [0.3, 0.4) is 0 Å². The first kappa shape index (κ1) is 10.9. The Kier molecular flexibility index (Phi) is 3.97. The lowest BCUT2D eigenvalue weighted by atomic mass is 10.2. The summed E-state index contributed by atoms with van der Waals surface area (Å²) in [4.78, 5) is 6.95. The van der Waals surface area contributed by atoms with Crippen LogP contribution in [0, 0.1) is 0 Å². The largest absolute Gasteiger partial charge is 0.307 e. The summed E-state index contributed by atoms with van der Waals surface area (Å²) >= 11 is 0. The Balaban J connectivity index is 1.77. The second-order valence-corrected chi connectivity index (χ2v) is 4.54. The molecule has 2 rings (SSSR count). The monoisotopic (exact) mass is 210 g/mol. The lowest BCUT2D eigenvalue weighted by Crippen LogP contribution is -2.52. The molecule has 1 fully saturated rings. The third-order valence-electron chi connectivity index (χ3n) is 3.16. The van der Waals surface area contributed by atoms with Gasteiger partial charge in [0.2, 0.25) is 0 Å². The summed E-state index contributed by atoms with van der Waals surface area (Å²) < 4.78 is 0. The number of nitrogens with one attached hydrogen (secondary N) is 1. The van der Waals surface area contributed by atoms with Gasteiger partial charge >= 0.3 is 0 Å². The van der Waals surface area contributed by atoms with E-state index in [9.17, 15) is 0 Å². The summed E-state index contributed by atoms with van der Waals surface area (Å²) in [6.07, 6.45) is 5.01. The average Bonchev–Trinajstić information content (AvgIpc) is 2.50. The van der Waals surface area contributed by atoms with E-state index in [2.05, 4.69) is 27.4 Å². The quantitative estimate of drug-likeness (QED) is 0.691. The lowest BCUT2D eigenvalue weighted by molar-refractivity contribution is 0.130. The Morgan fingerprint density at radius 1 is 1.07 bits per heavy atom. The highest BCUT2D eigenvalue weighted by atomic mass is 15.5. The summed E-state index contributed by atoms with van der Waals surface area (Å²) in [5.74, 6) is 1.21. The molecule has 0 aliphatic carbocycles. The van der Waals surface area contributed by atoms with Crippen LogP contribution in [0.1, 0.15) is 25.7 Å². The molecule has 1 N–H and O–H groups in total. The molecule has 4 nitrogen and oxygen atoms in total. The fourth-order valence-corrected chi connectivity index (χ4v) is 2.07. The first-order valence-electron chi connectivity index (χ1n) is 6.08. The summed E-state index contributed by atoms with van der Waals surface area (Å²) in [6, 6.07) is 0. The molecule has 0 atom stereocenters. The van der Waals surface area contributed by atoms with E-state index in [-0.39, 0.29) is 0 Å². The molecule has 0 bridgehead atoms. The van der Waals surface area contributed by atoms with Crippen LogP contribution >= 0.6 is 0 Å². The van der Waals surface area contributed by atoms with Crippen molar-refractivity contribution in [2.24, 2.45) is 4.99 Å². The minimum Gasteiger partial charge on any atom is -0.307 e. The lowest BCUT2D eigenvalue weighted by Gasteiger charge is -2.33. The molecule has 15 heavy (non-hydrogen) atoms. The standard InChI is InChI=1S/C11H22N4/c1-14-7-9-15(10-8-14)13-11-5-3-2-4-6-12-11/h2-10H2,1H3,(H,12,13). The molecule has 0 aromatic carbocycles. The number of likely N-dealkylation sites (N-methyl/N-ethyl adjacent to an activating group) is 1. The Morgan fingerprint density at radius 3 is 2.67 bits per heavy atom. The highest BCUT2D eigenvalue weighted by Gasteiger charge is 2.15. The van der Waals surface area contributed by atoms with Crippen molar-refractivity contribution in [3.8, 4) is 0 Å². The molecular weight excluding hydrogens is 188 g/mol. The van der Waals surface area contributed by atoms with Gasteiger partial charge in [-0.25, -0.2) is 5.01 Å². The summed E-state index contributed by atoms with van der Waals surface area (Å²) in [7, 11) is 2.18. The van der Waals surface area contributed by atoms with E-state index in [0.717, 1.165) is 39.1 Å². The number of piperazine rings is 1. The summed E-state index contributed by atoms with van der Waals surface area (Å²) in [6.45, 7) is 5.53. The van der Waals surface area contributed by atoms with Gasteiger partial charge in [-0.15, -0.1) is 0 Å². The highest BCUT2D eigenvalue weighted by molar-refractivity contribution is 5.81. The molecule has 0 saturated carbocycles. The molecule has 0 aromatic heterocycles. The van der Waals surface area contributed by atoms with Crippen LogP contribution in [-0.2, 0) is 0 Å². The second kappa shape index (κ2) is 5.47. The van der Waals surface area contributed by atoms with Gasteiger partial charge in [0.25, 0.3) is 0 Å². The Hall–Kier alpha value is -0.610. The van der Waals surface area contributed by atoms with E-state index in [1.54, 1.807) is 0 Å². The van der Waals surface area contributed by atoms with E-state index in [0.29, 0.717) is 0 Å². The smallest absolute Gasteiger partial charge is 0.111 e. The minimum atomic E-state index is 1.01. The van der Waals surface area contributed by atoms with Crippen molar-refractivity contribution in [2.45, 2.75) is 25.7 Å². The third kappa shape index (κ3) is 3.47. The highest BCUT2D eigenvalue weighted by Crippen LogP contribution is 2.07. The third-order valence-corrected chi connectivity index (χ3v) is 3.16. The SMILES string of the molecule is CN1CCN(NC2=NCCCCC2)CC1. The van der Waals surface area contributed by atoms with Gasteiger partial charge in [0, 0.05) is 39.1 Å². The van der Waals surface area contributed by atoms with Crippen LogP contribution in [0.25, 0.3) is 0 Å². The number of hydrogen-bond donors (Lipinski definition) is 1. The van der Waals surface area contributed by atoms with Gasteiger partial charge in [-0.05, 0) is 19.9 Å². The van der Waals surface area contributed by atoms with Crippen molar-refractivity contribution in [3.05, 3.63) is 0 Å². The van der Waals surface area contributed by atoms with Gasteiger partial charge in [0.15, 0.2) is 0 Å². The van der Waals surface area contributed by atoms with Gasteiger partial charge in [-0.1, -0.05) is 6.42 Å². The Labute approximate surface area is 92.3 Å². The molecule has 0 unspecified atom stereocenters. The van der Waals surface area contributed by atoms with Gasteiger partial charge in [0.05, 0.1) is 0 Å². The van der Waals surface area contributed by atoms with Crippen LogP contribution in [0.2, 0.25) is 0 Å². The number of hydrazine groups is 1. The van der Waals surface area contributed by atoms with Crippen molar-refractivity contribution in [2.75, 3.05) is 39.8 Å². The predicted octanol–water partition coefficient (Wildman–Crippen LogP) is 0.711. The zero-order valence-corrected chi connectivity index (χ0v) is 9.71. The van der Waals surface area contributed by atoms with Gasteiger partial charge in [-0.2, -0.15) is 0 Å². The molecule has 2 heterocycles. The van der Waals surface area contributed by atoms with Crippen molar-refractivity contribution in [3.63, 3.8) is 0 Å². The Bertz CT molecular complexity index is 219. The zero-order valence-electron chi connectivity index (χ0n) is 9.71. The molecule has 1 saturated heterocycles. The molecule has 0 aromatic rings. The molecular formula is C11H22N4. The number of aliphatic imine (C=N–C) groups is 1. The first-order valence-corrected chi connectivity index (χ1v) is 6.08.